The SMILES string of the molecule is CC(CC(=O)Nc1ccc(C(C)C)cc1)=NNC(=O)COc1cccc2ccccc12. The number of rotatable bonds is 8. The molecule has 0 bridgehead atoms. The Bertz CT molecular complexity index is 1080. The van der Waals surface area contributed by atoms with E-state index in [9.17, 15) is 9.59 Å². The van der Waals surface area contributed by atoms with E-state index in [1.54, 1.807) is 6.92 Å². The number of anilines is 1. The number of ether oxygens (including phenoxy) is 1. The molecule has 31 heavy (non-hydrogen) atoms. The van der Waals surface area contributed by atoms with Crippen LogP contribution in [-0.2, 0) is 9.59 Å². The first-order valence-corrected chi connectivity index (χ1v) is 10.2. The Balaban J connectivity index is 1.47. The van der Waals surface area contributed by atoms with E-state index in [0.717, 1.165) is 16.5 Å². The molecule has 0 fully saturated rings. The van der Waals surface area contributed by atoms with Crippen molar-refractivity contribution in [2.24, 2.45) is 5.10 Å². The van der Waals surface area contributed by atoms with Crippen molar-refractivity contribution in [2.45, 2.75) is 33.1 Å². The Labute approximate surface area is 182 Å². The first-order chi connectivity index (χ1) is 14.9. The summed E-state index contributed by atoms with van der Waals surface area (Å²) in [4.78, 5) is 24.3. The number of amides is 2. The first kappa shape index (κ1) is 22.0. The summed E-state index contributed by atoms with van der Waals surface area (Å²) in [5.41, 5.74) is 4.87. The van der Waals surface area contributed by atoms with E-state index < -0.39 is 5.91 Å². The van der Waals surface area contributed by atoms with Gasteiger partial charge in [0, 0.05) is 16.8 Å². The Morgan fingerprint density at radius 2 is 1.65 bits per heavy atom. The molecule has 0 aliphatic carbocycles. The van der Waals surface area contributed by atoms with Crippen LogP contribution in [0.4, 0.5) is 5.69 Å². The van der Waals surface area contributed by atoms with Gasteiger partial charge in [-0.05, 0) is 42.0 Å². The molecule has 0 heterocycles. The molecule has 2 N–H and O–H groups in total. The van der Waals surface area contributed by atoms with Gasteiger partial charge in [0.15, 0.2) is 6.61 Å². The summed E-state index contributed by atoms with van der Waals surface area (Å²) in [6.45, 7) is 5.76. The fraction of sp³-hybridized carbons (Fsp3) is 0.240. The number of nitrogens with zero attached hydrogens (tertiary/aromatic N) is 1. The van der Waals surface area contributed by atoms with Crippen molar-refractivity contribution in [1.82, 2.24) is 5.43 Å². The number of hydrogen-bond acceptors (Lipinski definition) is 4. The molecule has 0 radical (unpaired) electrons. The van der Waals surface area contributed by atoms with Gasteiger partial charge in [-0.25, -0.2) is 5.43 Å². The maximum atomic E-state index is 12.2. The molecule has 0 aromatic heterocycles. The number of benzene rings is 3. The predicted octanol–water partition coefficient (Wildman–Crippen LogP) is 4.86. The molecular weight excluding hydrogens is 390 g/mol. The van der Waals surface area contributed by atoms with Gasteiger partial charge < -0.3 is 10.1 Å². The predicted molar refractivity (Wildman–Crippen MR) is 124 cm³/mol. The molecule has 0 saturated heterocycles. The van der Waals surface area contributed by atoms with Crippen LogP contribution in [0, 0.1) is 0 Å². The van der Waals surface area contributed by atoms with Crippen molar-refractivity contribution in [2.75, 3.05) is 11.9 Å². The number of hydrazone groups is 1. The molecule has 0 aliphatic rings. The van der Waals surface area contributed by atoms with Gasteiger partial charge in [0.1, 0.15) is 5.75 Å². The summed E-state index contributed by atoms with van der Waals surface area (Å²) >= 11 is 0. The Kier molecular flexibility index (Phi) is 7.38. The molecule has 0 aliphatic heterocycles. The van der Waals surface area contributed by atoms with Gasteiger partial charge in [0.05, 0.1) is 6.42 Å². The molecule has 2 amide bonds. The van der Waals surface area contributed by atoms with Gasteiger partial charge in [0.25, 0.3) is 5.91 Å². The highest BCUT2D eigenvalue weighted by Gasteiger charge is 2.08. The summed E-state index contributed by atoms with van der Waals surface area (Å²) in [7, 11) is 0. The van der Waals surface area contributed by atoms with Crippen molar-refractivity contribution in [3.8, 4) is 5.75 Å². The number of carbonyl (C=O) groups excluding carboxylic acids is 2. The molecule has 3 aromatic rings. The molecule has 6 heteroatoms. The highest BCUT2D eigenvalue weighted by atomic mass is 16.5. The third-order valence-electron chi connectivity index (χ3n) is 4.76. The molecule has 3 rings (SSSR count). The summed E-state index contributed by atoms with van der Waals surface area (Å²) in [6.07, 6.45) is 0.0798. The smallest absolute Gasteiger partial charge is 0.277 e. The molecule has 160 valence electrons. The summed E-state index contributed by atoms with van der Waals surface area (Å²) in [6, 6.07) is 21.3. The van der Waals surface area contributed by atoms with Crippen LogP contribution < -0.4 is 15.5 Å². The minimum atomic E-state index is -0.392. The van der Waals surface area contributed by atoms with Crippen LogP contribution in [0.25, 0.3) is 10.8 Å². The van der Waals surface area contributed by atoms with Crippen molar-refractivity contribution < 1.29 is 14.3 Å². The highest BCUT2D eigenvalue weighted by molar-refractivity contribution is 6.05. The van der Waals surface area contributed by atoms with Crippen LogP contribution in [0.1, 0.15) is 38.7 Å². The van der Waals surface area contributed by atoms with E-state index in [0.29, 0.717) is 17.4 Å². The van der Waals surface area contributed by atoms with Crippen LogP contribution in [0.3, 0.4) is 0 Å². The summed E-state index contributed by atoms with van der Waals surface area (Å²) in [5.74, 6) is 0.487. The van der Waals surface area contributed by atoms with E-state index in [1.807, 2.05) is 66.7 Å². The second kappa shape index (κ2) is 10.4. The number of hydrogen-bond donors (Lipinski definition) is 2. The number of nitrogens with one attached hydrogen (secondary N) is 2. The second-order valence-corrected chi connectivity index (χ2v) is 7.65. The lowest BCUT2D eigenvalue weighted by molar-refractivity contribution is -0.123. The van der Waals surface area contributed by atoms with Gasteiger partial charge in [-0.2, -0.15) is 5.10 Å². The Hall–Kier alpha value is -3.67. The van der Waals surface area contributed by atoms with E-state index in [4.69, 9.17) is 4.74 Å². The standard InChI is InChI=1S/C25H27N3O3/c1-17(2)19-11-13-21(14-12-19)26-24(29)15-18(3)27-28-25(30)16-31-23-10-6-8-20-7-4-5-9-22(20)23/h4-14,17H,15-16H2,1-3H3,(H,26,29)(H,28,30). The average Bonchev–Trinajstić information content (AvgIpc) is 2.76. The molecule has 3 aromatic carbocycles. The monoisotopic (exact) mass is 417 g/mol. The Morgan fingerprint density at radius 3 is 2.39 bits per heavy atom. The topological polar surface area (TPSA) is 79.8 Å². The summed E-state index contributed by atoms with van der Waals surface area (Å²) < 4.78 is 5.64. The van der Waals surface area contributed by atoms with Crippen LogP contribution in [0.5, 0.6) is 5.75 Å². The lowest BCUT2D eigenvalue weighted by atomic mass is 10.0. The van der Waals surface area contributed by atoms with Crippen LogP contribution >= 0.6 is 0 Å². The van der Waals surface area contributed by atoms with Gasteiger partial charge >= 0.3 is 0 Å². The lowest BCUT2D eigenvalue weighted by Gasteiger charge is -2.09. The van der Waals surface area contributed by atoms with Crippen molar-refractivity contribution in [1.29, 1.82) is 0 Å². The molecule has 0 spiro atoms. The highest BCUT2D eigenvalue weighted by Crippen LogP contribution is 2.25. The van der Waals surface area contributed by atoms with Gasteiger partial charge in [-0.15, -0.1) is 0 Å². The zero-order valence-corrected chi connectivity index (χ0v) is 18.0. The van der Waals surface area contributed by atoms with Crippen molar-refractivity contribution in [3.63, 3.8) is 0 Å². The normalized spacial score (nSPS) is 11.4. The average molecular weight is 418 g/mol. The maximum Gasteiger partial charge on any atom is 0.277 e. The minimum Gasteiger partial charge on any atom is -0.483 e. The quantitative estimate of drug-likeness (QED) is 0.406. The lowest BCUT2D eigenvalue weighted by Crippen LogP contribution is -2.26. The minimum absolute atomic E-state index is 0.0798. The zero-order valence-electron chi connectivity index (χ0n) is 18.0. The van der Waals surface area contributed by atoms with Crippen LogP contribution in [0.2, 0.25) is 0 Å². The van der Waals surface area contributed by atoms with Crippen molar-refractivity contribution >= 4 is 34.0 Å². The molecule has 0 saturated carbocycles. The molecule has 6 nitrogen and oxygen atoms in total. The molecule has 0 unspecified atom stereocenters. The molecular formula is C25H27N3O3. The fourth-order valence-corrected chi connectivity index (χ4v) is 3.08. The van der Waals surface area contributed by atoms with E-state index in [-0.39, 0.29) is 18.9 Å². The number of carbonyl (C=O) groups is 2. The third kappa shape index (κ3) is 6.40. The number of fused-ring (bicyclic) bond motifs is 1. The van der Waals surface area contributed by atoms with Gasteiger partial charge in [-0.3, -0.25) is 9.59 Å². The third-order valence-corrected chi connectivity index (χ3v) is 4.76. The molecule has 0 atom stereocenters. The second-order valence-electron chi connectivity index (χ2n) is 7.65. The van der Waals surface area contributed by atoms with Crippen LogP contribution in [-0.4, -0.2) is 24.1 Å². The fourth-order valence-electron chi connectivity index (χ4n) is 3.08. The maximum absolute atomic E-state index is 12.2. The van der Waals surface area contributed by atoms with Crippen molar-refractivity contribution in [3.05, 3.63) is 72.3 Å². The van der Waals surface area contributed by atoms with E-state index in [2.05, 4.69) is 29.7 Å². The Morgan fingerprint density at radius 1 is 0.935 bits per heavy atom. The van der Waals surface area contributed by atoms with E-state index >= 15 is 0 Å². The largest absolute Gasteiger partial charge is 0.483 e. The van der Waals surface area contributed by atoms with Crippen LogP contribution in [0.15, 0.2) is 71.8 Å². The first-order valence-electron chi connectivity index (χ1n) is 10.2. The van der Waals surface area contributed by atoms with Gasteiger partial charge in [0.2, 0.25) is 5.91 Å². The summed E-state index contributed by atoms with van der Waals surface area (Å²) in [5, 5.41) is 8.81. The van der Waals surface area contributed by atoms with Gasteiger partial charge in [-0.1, -0.05) is 62.4 Å². The zero-order chi connectivity index (χ0) is 22.2. The van der Waals surface area contributed by atoms with E-state index in [1.165, 1.54) is 5.56 Å².